The number of pyridine rings is 2. The summed E-state index contributed by atoms with van der Waals surface area (Å²) in [5.41, 5.74) is 5.74. The molecule has 13 nitrogen and oxygen atoms in total. The van der Waals surface area contributed by atoms with Crippen LogP contribution in [0.5, 0.6) is 17.5 Å². The molecule has 0 radical (unpaired) electrons. The highest BCUT2D eigenvalue weighted by atomic mass is 35.5. The number of carbonyl (C=O) groups is 2. The summed E-state index contributed by atoms with van der Waals surface area (Å²) in [6, 6.07) is 18.3. The lowest BCUT2D eigenvalue weighted by molar-refractivity contribution is -0.144. The van der Waals surface area contributed by atoms with Crippen LogP contribution in [0.25, 0.3) is 39.1 Å². The van der Waals surface area contributed by atoms with Crippen LogP contribution in [0.4, 0.5) is 0 Å². The normalized spacial score (nSPS) is 19.7. The van der Waals surface area contributed by atoms with Crippen molar-refractivity contribution < 1.29 is 34.0 Å². The van der Waals surface area contributed by atoms with Crippen LogP contribution in [0.3, 0.4) is 0 Å². The van der Waals surface area contributed by atoms with E-state index in [0.717, 1.165) is 64.4 Å². The quantitative estimate of drug-likeness (QED) is 0.112. The van der Waals surface area contributed by atoms with Crippen LogP contribution < -0.4 is 14.2 Å². The van der Waals surface area contributed by atoms with Crippen molar-refractivity contribution in [2.75, 3.05) is 35.4 Å². The molecule has 2 fully saturated rings. The predicted molar refractivity (Wildman–Crippen MR) is 222 cm³/mol. The summed E-state index contributed by atoms with van der Waals surface area (Å²) in [4.78, 5) is 37.2. The summed E-state index contributed by atoms with van der Waals surface area (Å²) in [6.45, 7) is 1.15. The van der Waals surface area contributed by atoms with Crippen molar-refractivity contribution in [2.24, 2.45) is 11.8 Å². The lowest BCUT2D eigenvalue weighted by Gasteiger charge is -2.33. The molecule has 0 bridgehead atoms. The summed E-state index contributed by atoms with van der Waals surface area (Å²) in [5, 5.41) is 25.1. The number of ether oxygens (including phenoxy) is 3. The van der Waals surface area contributed by atoms with Gasteiger partial charge < -0.3 is 24.4 Å². The van der Waals surface area contributed by atoms with Crippen molar-refractivity contribution in [3.05, 3.63) is 76.9 Å². The monoisotopic (exact) mass is 810 g/mol. The third kappa shape index (κ3) is 8.34. The second-order valence-electron chi connectivity index (χ2n) is 15.5. The number of carboxylic acids is 2. The predicted octanol–water partition coefficient (Wildman–Crippen LogP) is 7.98. The topological polar surface area (TPSA) is 152 Å². The van der Waals surface area contributed by atoms with Crippen molar-refractivity contribution in [2.45, 2.75) is 76.5 Å². The van der Waals surface area contributed by atoms with Crippen LogP contribution in [-0.4, -0.2) is 99.2 Å². The number of hydrogen-bond donors (Lipinski definition) is 2. The number of hydrogen-bond acceptors (Lipinski definition) is 10. The SMILES string of the molecule is COc1cc(-n2ncc3c(-c4cccc(-c5ccc(CN(C)C6CCC(C(=O)O)CC6)c(OC)n5)c4Cl)cccc32)nc(OC)c1CN(C)C1CCC(C(=O)O)CC1. The summed E-state index contributed by atoms with van der Waals surface area (Å²) in [7, 11) is 8.95. The first-order valence-electron chi connectivity index (χ1n) is 19.8. The summed E-state index contributed by atoms with van der Waals surface area (Å²) in [5.74, 6) is 0.157. The average Bonchev–Trinajstić information content (AvgIpc) is 3.68. The van der Waals surface area contributed by atoms with E-state index in [2.05, 4.69) is 16.8 Å². The Balaban J connectivity index is 1.14. The molecule has 306 valence electrons. The molecule has 7 rings (SSSR count). The van der Waals surface area contributed by atoms with Crippen molar-refractivity contribution in [3.63, 3.8) is 0 Å². The summed E-state index contributed by atoms with van der Waals surface area (Å²) in [6.07, 6.45) is 7.84. The fourth-order valence-corrected chi connectivity index (χ4v) is 9.07. The van der Waals surface area contributed by atoms with Crippen LogP contribution in [0.2, 0.25) is 5.02 Å². The van der Waals surface area contributed by atoms with E-state index < -0.39 is 11.9 Å². The molecule has 0 saturated heterocycles. The number of benzene rings is 2. The third-order valence-corrected chi connectivity index (χ3v) is 12.5. The van der Waals surface area contributed by atoms with Crippen molar-refractivity contribution in [1.29, 1.82) is 0 Å². The minimum atomic E-state index is -0.713. The van der Waals surface area contributed by atoms with Crippen LogP contribution >= 0.6 is 11.6 Å². The molecule has 5 aromatic rings. The molecule has 0 unspecified atom stereocenters. The molecule has 0 spiro atoms. The van der Waals surface area contributed by atoms with Gasteiger partial charge in [0.2, 0.25) is 11.8 Å². The number of carboxylic acid groups (broad SMARTS) is 2. The largest absolute Gasteiger partial charge is 0.496 e. The van der Waals surface area contributed by atoms with E-state index >= 15 is 0 Å². The summed E-state index contributed by atoms with van der Waals surface area (Å²) >= 11 is 7.24. The zero-order valence-corrected chi connectivity index (χ0v) is 34.4. The van der Waals surface area contributed by atoms with Gasteiger partial charge in [-0.2, -0.15) is 10.1 Å². The fourth-order valence-electron chi connectivity index (χ4n) is 8.74. The van der Waals surface area contributed by atoms with Crippen molar-refractivity contribution in [1.82, 2.24) is 29.5 Å². The van der Waals surface area contributed by atoms with Crippen LogP contribution in [0, 0.1) is 11.8 Å². The fraction of sp³-hybridized carbons (Fsp3) is 0.432. The van der Waals surface area contributed by atoms with E-state index in [1.54, 1.807) is 26.0 Å². The molecule has 3 aromatic heterocycles. The third-order valence-electron chi connectivity index (χ3n) is 12.1. The van der Waals surface area contributed by atoms with Crippen LogP contribution in [0.15, 0.2) is 60.8 Å². The zero-order chi connectivity index (χ0) is 41.1. The maximum atomic E-state index is 11.5. The Morgan fingerprint density at radius 2 is 1.33 bits per heavy atom. The second kappa shape index (κ2) is 17.7. The number of methoxy groups -OCH3 is 3. The molecule has 0 amide bonds. The van der Waals surface area contributed by atoms with Crippen LogP contribution in [-0.2, 0) is 22.7 Å². The molecule has 2 N–H and O–H groups in total. The maximum absolute atomic E-state index is 11.5. The molecule has 14 heteroatoms. The van der Waals surface area contributed by atoms with Gasteiger partial charge in [0.05, 0.1) is 61.2 Å². The Bertz CT molecular complexity index is 2260. The van der Waals surface area contributed by atoms with Crippen LogP contribution in [0.1, 0.15) is 62.5 Å². The van der Waals surface area contributed by atoms with E-state index in [1.807, 2.05) is 67.8 Å². The first kappa shape index (κ1) is 40.9. The summed E-state index contributed by atoms with van der Waals surface area (Å²) < 4.78 is 19.3. The first-order valence-corrected chi connectivity index (χ1v) is 20.2. The first-order chi connectivity index (χ1) is 28.0. The van der Waals surface area contributed by atoms with Crippen molar-refractivity contribution in [3.8, 4) is 45.7 Å². The lowest BCUT2D eigenvalue weighted by Crippen LogP contribution is -2.36. The molecule has 0 atom stereocenters. The van der Waals surface area contributed by atoms with E-state index in [0.29, 0.717) is 78.9 Å². The molecule has 2 aliphatic carbocycles. The number of fused-ring (bicyclic) bond motifs is 1. The molecule has 58 heavy (non-hydrogen) atoms. The highest BCUT2D eigenvalue weighted by Crippen LogP contribution is 2.41. The van der Waals surface area contributed by atoms with E-state index in [4.69, 9.17) is 40.9 Å². The average molecular weight is 811 g/mol. The van der Waals surface area contributed by atoms with Gasteiger partial charge in [-0.25, -0.2) is 9.67 Å². The highest BCUT2D eigenvalue weighted by Gasteiger charge is 2.30. The minimum absolute atomic E-state index is 0.247. The maximum Gasteiger partial charge on any atom is 0.306 e. The highest BCUT2D eigenvalue weighted by molar-refractivity contribution is 6.36. The van der Waals surface area contributed by atoms with Gasteiger partial charge in [-0.05, 0) is 83.2 Å². The number of aromatic nitrogens is 4. The number of nitrogens with zero attached hydrogens (tertiary/aromatic N) is 6. The minimum Gasteiger partial charge on any atom is -0.496 e. The Kier molecular flexibility index (Phi) is 12.5. The smallest absolute Gasteiger partial charge is 0.306 e. The standard InChI is InChI=1S/C44H51ClN6O7/c1-49(29-17-12-26(13-18-29)43(52)53)24-28-16-21-36(47-41(28)57-4)33-10-6-9-32(40(33)45)31-8-7-11-37-34(31)23-46-51(37)39-22-38(56-3)35(42(48-39)58-5)25-50(2)30-19-14-27(15-20-30)44(54)55/h6-11,16,21-23,26-27,29-30H,12-15,17-20,24-25H2,1-5H3,(H,52,53)(H,54,55). The Morgan fingerprint density at radius 1 is 0.741 bits per heavy atom. The van der Waals surface area contributed by atoms with Gasteiger partial charge in [0.25, 0.3) is 0 Å². The van der Waals surface area contributed by atoms with E-state index in [-0.39, 0.29) is 17.9 Å². The van der Waals surface area contributed by atoms with Gasteiger partial charge in [0.15, 0.2) is 5.82 Å². The van der Waals surface area contributed by atoms with Gasteiger partial charge in [0.1, 0.15) is 5.75 Å². The zero-order valence-electron chi connectivity index (χ0n) is 33.7. The molecular weight excluding hydrogens is 760 g/mol. The Hall–Kier alpha value is -5.24. The Morgan fingerprint density at radius 3 is 1.93 bits per heavy atom. The molecular formula is C44H51ClN6O7. The van der Waals surface area contributed by atoms with E-state index in [9.17, 15) is 19.8 Å². The molecule has 2 aromatic carbocycles. The van der Waals surface area contributed by atoms with Gasteiger partial charge in [-0.15, -0.1) is 0 Å². The van der Waals surface area contributed by atoms with Gasteiger partial charge in [-0.1, -0.05) is 48.0 Å². The van der Waals surface area contributed by atoms with E-state index in [1.165, 1.54) is 0 Å². The second-order valence-corrected chi connectivity index (χ2v) is 15.9. The number of aliphatic carboxylic acids is 2. The molecule has 2 saturated carbocycles. The Labute approximate surface area is 343 Å². The number of halogens is 1. The van der Waals surface area contributed by atoms with Gasteiger partial charge in [-0.3, -0.25) is 19.4 Å². The molecule has 2 aliphatic rings. The van der Waals surface area contributed by atoms with Gasteiger partial charge in [0, 0.05) is 53.3 Å². The number of rotatable bonds is 14. The van der Waals surface area contributed by atoms with Gasteiger partial charge >= 0.3 is 11.9 Å². The molecule has 0 aliphatic heterocycles. The molecule has 3 heterocycles. The lowest BCUT2D eigenvalue weighted by atomic mass is 9.85. The van der Waals surface area contributed by atoms with Crippen molar-refractivity contribution >= 4 is 34.4 Å².